The molecule has 6 nitrogen and oxygen atoms in total. The lowest BCUT2D eigenvalue weighted by molar-refractivity contribution is 0.780. The minimum absolute atomic E-state index is 0.0787. The molecule has 1 aromatic rings. The molecule has 0 amide bonds. The lowest BCUT2D eigenvalue weighted by atomic mass is 10.4. The third kappa shape index (κ3) is 1.56. The van der Waals surface area contributed by atoms with Crippen molar-refractivity contribution in [1.29, 1.82) is 0 Å². The Morgan fingerprint density at radius 1 is 1.54 bits per heavy atom. The maximum atomic E-state index is 11.4. The van der Waals surface area contributed by atoms with Crippen LogP contribution in [0.4, 0.5) is 11.5 Å². The molecule has 0 aliphatic heterocycles. The van der Waals surface area contributed by atoms with Crippen LogP contribution in [-0.4, -0.2) is 16.1 Å². The smallest absolute Gasteiger partial charge is 0.329 e. The number of nitrogens with two attached hydrogens (primary N) is 1. The van der Waals surface area contributed by atoms with Gasteiger partial charge in [-0.1, -0.05) is 0 Å². The van der Waals surface area contributed by atoms with Crippen LogP contribution in [0, 0.1) is 0 Å². The lowest BCUT2D eigenvalue weighted by Crippen LogP contribution is -2.35. The first-order chi connectivity index (χ1) is 6.07. The summed E-state index contributed by atoms with van der Waals surface area (Å²) in [5.74, 6) is 0.0787. The van der Waals surface area contributed by atoms with Crippen molar-refractivity contribution in [3.8, 4) is 0 Å². The van der Waals surface area contributed by atoms with Gasteiger partial charge in [-0.15, -0.1) is 0 Å². The molecule has 0 radical (unpaired) electrons. The predicted octanol–water partition coefficient (Wildman–Crippen LogP) is -0.912. The largest absolute Gasteiger partial charge is 0.383 e. The topological polar surface area (TPSA) is 92.9 Å². The highest BCUT2D eigenvalue weighted by Gasteiger charge is 2.07. The fourth-order valence-corrected chi connectivity index (χ4v) is 0.984. The fraction of sp³-hybridized carbons (Fsp3) is 0.429. The van der Waals surface area contributed by atoms with Gasteiger partial charge in [0.05, 0.1) is 0 Å². The second-order valence-electron chi connectivity index (χ2n) is 2.61. The van der Waals surface area contributed by atoms with Crippen LogP contribution in [0.15, 0.2) is 9.59 Å². The van der Waals surface area contributed by atoms with Crippen molar-refractivity contribution < 1.29 is 0 Å². The van der Waals surface area contributed by atoms with Crippen molar-refractivity contribution in [2.24, 2.45) is 7.05 Å². The van der Waals surface area contributed by atoms with E-state index in [0.29, 0.717) is 6.54 Å². The quantitative estimate of drug-likeness (QED) is 0.554. The molecule has 0 saturated heterocycles. The maximum absolute atomic E-state index is 11.4. The van der Waals surface area contributed by atoms with Crippen LogP contribution in [0.3, 0.4) is 0 Å². The SMILES string of the molecule is CCNc1c(N)[nH]c(=O)n(C)c1=O. The van der Waals surface area contributed by atoms with Crippen molar-refractivity contribution in [2.45, 2.75) is 6.92 Å². The third-order valence-corrected chi connectivity index (χ3v) is 1.69. The second-order valence-corrected chi connectivity index (χ2v) is 2.61. The summed E-state index contributed by atoms with van der Waals surface area (Å²) in [6.07, 6.45) is 0. The number of nitrogen functional groups attached to an aromatic ring is 1. The first-order valence-electron chi connectivity index (χ1n) is 3.90. The Labute approximate surface area is 74.4 Å². The molecular weight excluding hydrogens is 172 g/mol. The van der Waals surface area contributed by atoms with Crippen LogP contribution in [0.5, 0.6) is 0 Å². The van der Waals surface area contributed by atoms with Crippen LogP contribution in [0.2, 0.25) is 0 Å². The van der Waals surface area contributed by atoms with Gasteiger partial charge in [0, 0.05) is 13.6 Å². The van der Waals surface area contributed by atoms with E-state index in [1.807, 2.05) is 6.92 Å². The molecule has 0 atom stereocenters. The maximum Gasteiger partial charge on any atom is 0.329 e. The first kappa shape index (κ1) is 9.37. The van der Waals surface area contributed by atoms with Gasteiger partial charge in [0.15, 0.2) is 0 Å². The Hall–Kier alpha value is -1.72. The summed E-state index contributed by atoms with van der Waals surface area (Å²) in [5, 5.41) is 2.78. The van der Waals surface area contributed by atoms with Crippen LogP contribution >= 0.6 is 0 Å². The number of nitrogens with one attached hydrogen (secondary N) is 2. The van der Waals surface area contributed by atoms with E-state index in [1.54, 1.807) is 0 Å². The number of H-pyrrole nitrogens is 1. The Bertz CT molecular complexity index is 417. The summed E-state index contributed by atoms with van der Waals surface area (Å²) in [4.78, 5) is 24.8. The van der Waals surface area contributed by atoms with Crippen LogP contribution in [-0.2, 0) is 7.05 Å². The Morgan fingerprint density at radius 3 is 2.69 bits per heavy atom. The molecule has 0 fully saturated rings. The molecule has 1 aromatic heterocycles. The predicted molar refractivity (Wildman–Crippen MR) is 50.9 cm³/mol. The number of aromatic nitrogens is 2. The van der Waals surface area contributed by atoms with E-state index < -0.39 is 11.2 Å². The molecule has 1 rings (SSSR count). The van der Waals surface area contributed by atoms with Gasteiger partial charge in [-0.2, -0.15) is 0 Å². The minimum atomic E-state index is -0.510. The summed E-state index contributed by atoms with van der Waals surface area (Å²) in [6.45, 7) is 2.41. The molecule has 13 heavy (non-hydrogen) atoms. The third-order valence-electron chi connectivity index (χ3n) is 1.69. The van der Waals surface area contributed by atoms with E-state index in [-0.39, 0.29) is 11.5 Å². The monoisotopic (exact) mass is 184 g/mol. The van der Waals surface area contributed by atoms with E-state index in [2.05, 4.69) is 10.3 Å². The average molecular weight is 184 g/mol. The van der Waals surface area contributed by atoms with Gasteiger partial charge in [-0.3, -0.25) is 14.3 Å². The van der Waals surface area contributed by atoms with Gasteiger partial charge in [-0.05, 0) is 6.92 Å². The highest BCUT2D eigenvalue weighted by atomic mass is 16.2. The van der Waals surface area contributed by atoms with Gasteiger partial charge >= 0.3 is 5.69 Å². The molecule has 1 heterocycles. The summed E-state index contributed by atoms with van der Waals surface area (Å²) in [5.41, 5.74) is 4.76. The average Bonchev–Trinajstić information content (AvgIpc) is 2.09. The number of anilines is 2. The summed E-state index contributed by atoms with van der Waals surface area (Å²) >= 11 is 0. The van der Waals surface area contributed by atoms with Crippen molar-refractivity contribution in [3.05, 3.63) is 20.8 Å². The van der Waals surface area contributed by atoms with Crippen molar-refractivity contribution in [2.75, 3.05) is 17.6 Å². The fourth-order valence-electron chi connectivity index (χ4n) is 0.984. The summed E-state index contributed by atoms with van der Waals surface area (Å²) < 4.78 is 0.967. The van der Waals surface area contributed by atoms with Crippen LogP contribution in [0.1, 0.15) is 6.92 Å². The van der Waals surface area contributed by atoms with Crippen molar-refractivity contribution in [3.63, 3.8) is 0 Å². The molecule has 0 aliphatic carbocycles. The highest BCUT2D eigenvalue weighted by molar-refractivity contribution is 5.59. The first-order valence-corrected chi connectivity index (χ1v) is 3.90. The van der Waals surface area contributed by atoms with Gasteiger partial charge in [0.1, 0.15) is 11.5 Å². The molecule has 0 aliphatic rings. The van der Waals surface area contributed by atoms with Crippen molar-refractivity contribution >= 4 is 11.5 Å². The molecule has 0 bridgehead atoms. The normalized spacial score (nSPS) is 10.0. The minimum Gasteiger partial charge on any atom is -0.383 e. The molecule has 0 aromatic carbocycles. The Morgan fingerprint density at radius 2 is 2.15 bits per heavy atom. The Kier molecular flexibility index (Phi) is 2.41. The summed E-state index contributed by atoms with van der Waals surface area (Å²) in [6, 6.07) is 0. The molecule has 0 unspecified atom stereocenters. The van der Waals surface area contributed by atoms with E-state index in [9.17, 15) is 9.59 Å². The van der Waals surface area contributed by atoms with Gasteiger partial charge in [0.25, 0.3) is 5.56 Å². The molecular formula is C7H12N4O2. The van der Waals surface area contributed by atoms with Crippen molar-refractivity contribution in [1.82, 2.24) is 9.55 Å². The van der Waals surface area contributed by atoms with Gasteiger partial charge < -0.3 is 11.1 Å². The number of nitrogens with zero attached hydrogens (tertiary/aromatic N) is 1. The number of aromatic amines is 1. The standard InChI is InChI=1S/C7H12N4O2/c1-3-9-4-5(8)10-7(13)11(2)6(4)12/h9H,3,8H2,1-2H3,(H,10,13). The second kappa shape index (κ2) is 3.34. The zero-order chi connectivity index (χ0) is 10.0. The molecule has 4 N–H and O–H groups in total. The Balaban J connectivity index is 3.44. The zero-order valence-electron chi connectivity index (χ0n) is 7.55. The van der Waals surface area contributed by atoms with E-state index in [0.717, 1.165) is 4.57 Å². The summed E-state index contributed by atoms with van der Waals surface area (Å²) in [7, 11) is 1.39. The van der Waals surface area contributed by atoms with E-state index in [1.165, 1.54) is 7.05 Å². The molecule has 6 heteroatoms. The van der Waals surface area contributed by atoms with Gasteiger partial charge in [-0.25, -0.2) is 4.79 Å². The van der Waals surface area contributed by atoms with Crippen LogP contribution in [0.25, 0.3) is 0 Å². The number of hydrogen-bond acceptors (Lipinski definition) is 4. The number of rotatable bonds is 2. The van der Waals surface area contributed by atoms with Gasteiger partial charge in [0.2, 0.25) is 0 Å². The number of hydrogen-bond donors (Lipinski definition) is 3. The van der Waals surface area contributed by atoms with Crippen LogP contribution < -0.4 is 22.3 Å². The molecule has 72 valence electrons. The molecule has 0 saturated carbocycles. The van der Waals surface area contributed by atoms with E-state index >= 15 is 0 Å². The lowest BCUT2D eigenvalue weighted by Gasteiger charge is -2.06. The highest BCUT2D eigenvalue weighted by Crippen LogP contribution is 2.04. The zero-order valence-corrected chi connectivity index (χ0v) is 7.55. The molecule has 0 spiro atoms. The van der Waals surface area contributed by atoms with E-state index in [4.69, 9.17) is 5.73 Å².